The van der Waals surface area contributed by atoms with Crippen LogP contribution in [0.15, 0.2) is 17.2 Å². The number of halogens is 1. The lowest BCUT2D eigenvalue weighted by molar-refractivity contribution is -0.140. The van der Waals surface area contributed by atoms with Crippen LogP contribution < -0.4 is 21.6 Å². The summed E-state index contributed by atoms with van der Waals surface area (Å²) in [5.41, 5.74) is -0.218. The fourth-order valence-corrected chi connectivity index (χ4v) is 3.42. The molecule has 2 atom stereocenters. The normalized spacial score (nSPS) is 12.6. The molecule has 0 aromatic carbocycles. The number of nitrogens with zero attached hydrogens (tertiary/aromatic N) is 3. The van der Waals surface area contributed by atoms with Crippen molar-refractivity contribution in [1.29, 1.82) is 5.41 Å². The van der Waals surface area contributed by atoms with Gasteiger partial charge in [-0.2, -0.15) is 0 Å². The summed E-state index contributed by atoms with van der Waals surface area (Å²) in [5.74, 6) is -1.89. The smallest absolute Gasteiger partial charge is 0.305 e. The number of nitrogens with two attached hydrogens (primary N) is 1. The van der Waals surface area contributed by atoms with E-state index in [-0.39, 0.29) is 31.0 Å². The molecule has 0 aliphatic rings. The van der Waals surface area contributed by atoms with E-state index < -0.39 is 41.7 Å². The highest BCUT2D eigenvalue weighted by Crippen LogP contribution is 2.11. The van der Waals surface area contributed by atoms with Gasteiger partial charge in [-0.3, -0.25) is 39.5 Å². The van der Waals surface area contributed by atoms with Crippen molar-refractivity contribution < 1.29 is 24.9 Å². The lowest BCUT2D eigenvalue weighted by atomic mass is 10.1. The van der Waals surface area contributed by atoms with Gasteiger partial charge in [-0.1, -0.05) is 6.92 Å². The van der Waals surface area contributed by atoms with E-state index in [1.54, 1.807) is 25.8 Å². The first kappa shape index (κ1) is 29.9. The molecule has 1 amide bonds. The molecule has 0 spiro atoms. The van der Waals surface area contributed by atoms with Crippen molar-refractivity contribution in [3.05, 3.63) is 22.7 Å². The molecular formula is C22H35ClN7O5+. The monoisotopic (exact) mass is 512 g/mol. The molecule has 12 nitrogen and oxygen atoms in total. The van der Waals surface area contributed by atoms with Crippen LogP contribution in [0.1, 0.15) is 45.6 Å². The maximum absolute atomic E-state index is 13.0. The Bertz CT molecular complexity index is 981. The van der Waals surface area contributed by atoms with Crippen LogP contribution in [0.2, 0.25) is 0 Å². The predicted molar refractivity (Wildman–Crippen MR) is 133 cm³/mol. The number of Topliss-reactive ketones (excluding diaryl/α,β-unsaturated/α-hetero) is 1. The van der Waals surface area contributed by atoms with Gasteiger partial charge in [0.1, 0.15) is 11.8 Å². The van der Waals surface area contributed by atoms with Crippen molar-refractivity contribution >= 4 is 46.5 Å². The van der Waals surface area contributed by atoms with Crippen molar-refractivity contribution in [1.82, 2.24) is 19.8 Å². The van der Waals surface area contributed by atoms with Crippen LogP contribution >= 0.6 is 11.6 Å². The maximum Gasteiger partial charge on any atom is 0.305 e. The van der Waals surface area contributed by atoms with Gasteiger partial charge in [0.15, 0.2) is 17.3 Å². The summed E-state index contributed by atoms with van der Waals surface area (Å²) in [6.45, 7) is 3.79. The number of rotatable bonds is 17. The summed E-state index contributed by atoms with van der Waals surface area (Å²) in [4.78, 5) is 55.8. The van der Waals surface area contributed by atoms with E-state index in [1.165, 1.54) is 12.4 Å². The zero-order chi connectivity index (χ0) is 26.5. The molecule has 0 aliphatic carbocycles. The Hall–Kier alpha value is -3.12. The van der Waals surface area contributed by atoms with E-state index >= 15 is 0 Å². The van der Waals surface area contributed by atoms with E-state index in [1.807, 2.05) is 0 Å². The fourth-order valence-electron chi connectivity index (χ4n) is 3.23. The number of carboxylic acids is 1. The molecular weight excluding hydrogens is 478 g/mol. The summed E-state index contributed by atoms with van der Waals surface area (Å²) >= 11 is 5.67. The number of aromatic nitrogens is 2. The molecule has 0 radical (unpaired) electrons. The van der Waals surface area contributed by atoms with Crippen molar-refractivity contribution in [2.24, 2.45) is 0 Å². The summed E-state index contributed by atoms with van der Waals surface area (Å²) in [7, 11) is 1.73. The van der Waals surface area contributed by atoms with Crippen molar-refractivity contribution in [2.45, 2.75) is 51.6 Å². The molecule has 0 saturated carbocycles. The van der Waals surface area contributed by atoms with Gasteiger partial charge < -0.3 is 15.7 Å². The van der Waals surface area contributed by atoms with Gasteiger partial charge in [-0.05, 0) is 32.9 Å². The Morgan fingerprint density at radius 1 is 1.34 bits per heavy atom. The SMILES string of the molecule is CCC(C(=O)NC(CC(=O)O)C(=O)CN(C)CCCCCl)n1ccnc(NCC(=N)C(C)=[NH2+])c1=O. The van der Waals surface area contributed by atoms with Gasteiger partial charge in [-0.15, -0.1) is 11.6 Å². The Kier molecular flexibility index (Phi) is 12.8. The minimum atomic E-state index is -1.25. The van der Waals surface area contributed by atoms with Gasteiger partial charge in [0.05, 0.1) is 25.6 Å². The Morgan fingerprint density at radius 2 is 2.03 bits per heavy atom. The first-order valence-corrected chi connectivity index (χ1v) is 11.8. The molecule has 194 valence electrons. The zero-order valence-corrected chi connectivity index (χ0v) is 21.1. The van der Waals surface area contributed by atoms with Crippen LogP contribution in [0.5, 0.6) is 0 Å². The average Bonchev–Trinajstić information content (AvgIpc) is 2.78. The molecule has 2 unspecified atom stereocenters. The number of carboxylic acid groups (broad SMARTS) is 1. The minimum Gasteiger partial charge on any atom is -0.481 e. The third-order valence-electron chi connectivity index (χ3n) is 5.23. The lowest BCUT2D eigenvalue weighted by Crippen LogP contribution is -2.49. The highest BCUT2D eigenvalue weighted by molar-refractivity contribution is 6.38. The van der Waals surface area contributed by atoms with Gasteiger partial charge >= 0.3 is 5.97 Å². The topological polar surface area (TPSA) is 183 Å². The molecule has 1 aromatic rings. The number of nitrogens with one attached hydrogen (secondary N) is 3. The Balaban J connectivity index is 3.01. The lowest BCUT2D eigenvalue weighted by Gasteiger charge is -2.24. The number of unbranched alkanes of at least 4 members (excludes halogenated alkanes) is 1. The van der Waals surface area contributed by atoms with E-state index in [4.69, 9.17) is 22.4 Å². The molecule has 1 aromatic heterocycles. The predicted octanol–water partition coefficient (Wildman–Crippen LogP) is -0.675. The molecule has 6 N–H and O–H groups in total. The van der Waals surface area contributed by atoms with E-state index in [0.717, 1.165) is 17.4 Å². The quantitative estimate of drug-likeness (QED) is 0.103. The minimum absolute atomic E-state index is 0.0226. The number of carbonyl (C=O) groups excluding carboxylic acids is 2. The number of ketones is 1. The molecule has 0 aliphatic heterocycles. The number of hydrogen-bond acceptors (Lipinski definition) is 8. The van der Waals surface area contributed by atoms with Gasteiger partial charge in [0.25, 0.3) is 5.56 Å². The summed E-state index contributed by atoms with van der Waals surface area (Å²) in [5, 5.41) is 27.8. The molecule has 0 fully saturated rings. The van der Waals surface area contributed by atoms with Gasteiger partial charge in [0.2, 0.25) is 5.91 Å². The van der Waals surface area contributed by atoms with Crippen molar-refractivity contribution in [2.75, 3.05) is 37.9 Å². The van der Waals surface area contributed by atoms with E-state index in [2.05, 4.69) is 15.6 Å². The molecule has 1 rings (SSSR count). The largest absolute Gasteiger partial charge is 0.481 e. The number of anilines is 1. The molecule has 0 saturated heterocycles. The van der Waals surface area contributed by atoms with E-state index in [0.29, 0.717) is 18.1 Å². The Labute approximate surface area is 209 Å². The number of aliphatic carboxylic acids is 1. The number of amides is 1. The molecule has 0 bridgehead atoms. The number of likely N-dealkylation sites (N-methyl/N-ethyl adjacent to an activating group) is 1. The average molecular weight is 513 g/mol. The van der Waals surface area contributed by atoms with Crippen LogP contribution in [0.25, 0.3) is 0 Å². The van der Waals surface area contributed by atoms with Crippen molar-refractivity contribution in [3.63, 3.8) is 0 Å². The molecule has 1 heterocycles. The van der Waals surface area contributed by atoms with Crippen LogP contribution in [0, 0.1) is 5.41 Å². The Morgan fingerprint density at radius 3 is 2.60 bits per heavy atom. The van der Waals surface area contributed by atoms with Crippen LogP contribution in [0.4, 0.5) is 5.82 Å². The third-order valence-corrected chi connectivity index (χ3v) is 5.50. The first-order chi connectivity index (χ1) is 16.5. The maximum atomic E-state index is 13.0. The number of alkyl halides is 1. The highest BCUT2D eigenvalue weighted by Gasteiger charge is 2.29. The number of hydrogen-bond donors (Lipinski definition) is 5. The number of carbonyl (C=O) groups is 3. The van der Waals surface area contributed by atoms with Crippen LogP contribution in [-0.2, 0) is 14.4 Å². The highest BCUT2D eigenvalue weighted by atomic mass is 35.5. The second kappa shape index (κ2) is 15.0. The standard InChI is InChI=1S/C22H34ClN7O5/c1-4-17(30-10-8-26-20(22(30)35)27-12-15(25)14(2)24)21(34)28-16(11-19(32)33)18(31)13-29(3)9-6-5-7-23/h8,10,16-17,24-25H,4-7,9,11-13H2,1-3H3,(H,26,27)(H,28,34)(H,32,33)/p+1. The zero-order valence-electron chi connectivity index (χ0n) is 20.3. The molecule has 13 heteroatoms. The second-order valence-electron chi connectivity index (χ2n) is 8.19. The van der Waals surface area contributed by atoms with Gasteiger partial charge in [0, 0.05) is 25.2 Å². The van der Waals surface area contributed by atoms with Crippen LogP contribution in [-0.4, -0.2) is 87.2 Å². The summed E-state index contributed by atoms with van der Waals surface area (Å²) < 4.78 is 1.16. The third kappa shape index (κ3) is 9.95. The van der Waals surface area contributed by atoms with Crippen molar-refractivity contribution in [3.8, 4) is 0 Å². The first-order valence-electron chi connectivity index (χ1n) is 11.3. The molecule has 35 heavy (non-hydrogen) atoms. The van der Waals surface area contributed by atoms with E-state index in [9.17, 15) is 24.3 Å². The summed E-state index contributed by atoms with van der Waals surface area (Å²) in [6.07, 6.45) is 3.86. The second-order valence-corrected chi connectivity index (χ2v) is 8.56. The van der Waals surface area contributed by atoms with Gasteiger partial charge in [-0.25, -0.2) is 4.98 Å². The summed E-state index contributed by atoms with van der Waals surface area (Å²) in [6, 6.07) is -2.25. The fraction of sp³-hybridized carbons (Fsp3) is 0.591. The van der Waals surface area contributed by atoms with Crippen LogP contribution in [0.3, 0.4) is 0 Å².